The van der Waals surface area contributed by atoms with Gasteiger partial charge in [-0.15, -0.1) is 0 Å². The molecule has 0 aromatic carbocycles. The van der Waals surface area contributed by atoms with Crippen LogP contribution in [0.5, 0.6) is 0 Å². The van der Waals surface area contributed by atoms with Gasteiger partial charge in [-0.2, -0.15) is 0 Å². The molecule has 1 aliphatic rings. The number of halogens is 2. The summed E-state index contributed by atoms with van der Waals surface area (Å²) in [5.74, 6) is 0.880. The Morgan fingerprint density at radius 3 is 2.89 bits per heavy atom. The average molecular weight is 393 g/mol. The number of nitrogens with zero attached hydrogens (tertiary/aromatic N) is 1. The maximum absolute atomic E-state index is 5.85. The van der Waals surface area contributed by atoms with Crippen LogP contribution in [0.2, 0.25) is 0 Å². The van der Waals surface area contributed by atoms with Crippen LogP contribution in [0.1, 0.15) is 19.3 Å². The SMILES string of the molecule is Brc1cnc(NCCCOC2CCNCC2)c(Br)c1. The van der Waals surface area contributed by atoms with Crippen molar-refractivity contribution >= 4 is 37.7 Å². The van der Waals surface area contributed by atoms with Gasteiger partial charge in [0.2, 0.25) is 0 Å². The smallest absolute Gasteiger partial charge is 0.140 e. The Hall–Kier alpha value is -0.170. The summed E-state index contributed by atoms with van der Waals surface area (Å²) in [5.41, 5.74) is 0. The van der Waals surface area contributed by atoms with Crippen molar-refractivity contribution in [2.24, 2.45) is 0 Å². The zero-order chi connectivity index (χ0) is 13.5. The van der Waals surface area contributed by atoms with Crippen LogP contribution in [0, 0.1) is 0 Å². The topological polar surface area (TPSA) is 46.2 Å². The maximum Gasteiger partial charge on any atom is 0.140 e. The Bertz CT molecular complexity index is 397. The van der Waals surface area contributed by atoms with Crippen molar-refractivity contribution in [1.29, 1.82) is 0 Å². The van der Waals surface area contributed by atoms with Crippen LogP contribution in [0.3, 0.4) is 0 Å². The molecule has 6 heteroatoms. The van der Waals surface area contributed by atoms with E-state index in [9.17, 15) is 0 Å². The largest absolute Gasteiger partial charge is 0.378 e. The van der Waals surface area contributed by atoms with E-state index in [1.165, 1.54) is 0 Å². The molecule has 0 bridgehead atoms. The molecular formula is C13H19Br2N3O. The molecule has 1 aromatic heterocycles. The lowest BCUT2D eigenvalue weighted by Crippen LogP contribution is -2.32. The summed E-state index contributed by atoms with van der Waals surface area (Å²) in [5, 5.41) is 6.65. The van der Waals surface area contributed by atoms with Gasteiger partial charge in [-0.05, 0) is 70.3 Å². The van der Waals surface area contributed by atoms with Gasteiger partial charge in [0.1, 0.15) is 5.82 Å². The first kappa shape index (κ1) is 15.2. The molecule has 19 heavy (non-hydrogen) atoms. The lowest BCUT2D eigenvalue weighted by atomic mass is 10.1. The molecule has 2 heterocycles. The normalized spacial score (nSPS) is 16.5. The van der Waals surface area contributed by atoms with Gasteiger partial charge >= 0.3 is 0 Å². The number of aromatic nitrogens is 1. The molecule has 1 saturated heterocycles. The molecule has 1 aromatic rings. The molecule has 0 unspecified atom stereocenters. The number of piperidine rings is 1. The Kier molecular flexibility index (Phi) is 6.56. The molecule has 0 atom stereocenters. The molecule has 0 radical (unpaired) electrons. The number of rotatable bonds is 6. The van der Waals surface area contributed by atoms with Gasteiger partial charge in [0.15, 0.2) is 0 Å². The fourth-order valence-electron chi connectivity index (χ4n) is 2.04. The van der Waals surface area contributed by atoms with Gasteiger partial charge in [-0.1, -0.05) is 0 Å². The molecule has 0 saturated carbocycles. The van der Waals surface area contributed by atoms with Crippen molar-refractivity contribution < 1.29 is 4.74 Å². The number of anilines is 1. The highest BCUT2D eigenvalue weighted by atomic mass is 79.9. The second-order valence-corrected chi connectivity index (χ2v) is 6.35. The third kappa shape index (κ3) is 5.38. The molecule has 106 valence electrons. The molecule has 1 fully saturated rings. The lowest BCUT2D eigenvalue weighted by molar-refractivity contribution is 0.0329. The highest BCUT2D eigenvalue weighted by Crippen LogP contribution is 2.23. The van der Waals surface area contributed by atoms with Crippen LogP contribution in [-0.4, -0.2) is 37.3 Å². The van der Waals surface area contributed by atoms with E-state index in [0.29, 0.717) is 6.10 Å². The third-order valence-corrected chi connectivity index (χ3v) is 4.10. The van der Waals surface area contributed by atoms with Crippen molar-refractivity contribution in [3.05, 3.63) is 21.2 Å². The van der Waals surface area contributed by atoms with E-state index in [1.54, 1.807) is 6.20 Å². The number of pyridine rings is 1. The zero-order valence-corrected chi connectivity index (χ0v) is 14.0. The standard InChI is InChI=1S/C13H19Br2N3O/c14-10-8-12(15)13(18-9-10)17-4-1-7-19-11-2-5-16-6-3-11/h8-9,11,16H,1-7H2,(H,17,18). The second kappa shape index (κ2) is 8.19. The van der Waals surface area contributed by atoms with E-state index >= 15 is 0 Å². The van der Waals surface area contributed by atoms with E-state index in [0.717, 1.165) is 60.3 Å². The maximum atomic E-state index is 5.85. The first-order valence-electron chi connectivity index (χ1n) is 6.63. The summed E-state index contributed by atoms with van der Waals surface area (Å²) < 4.78 is 7.80. The van der Waals surface area contributed by atoms with Crippen molar-refractivity contribution in [1.82, 2.24) is 10.3 Å². The predicted molar refractivity (Wildman–Crippen MR) is 84.6 cm³/mol. The second-order valence-electron chi connectivity index (χ2n) is 4.58. The predicted octanol–water partition coefficient (Wildman–Crippen LogP) is 3.18. The third-order valence-electron chi connectivity index (χ3n) is 3.06. The average Bonchev–Trinajstić information content (AvgIpc) is 2.42. The van der Waals surface area contributed by atoms with Crippen molar-refractivity contribution in [3.8, 4) is 0 Å². The van der Waals surface area contributed by atoms with Crippen LogP contribution in [0.15, 0.2) is 21.2 Å². The molecule has 2 N–H and O–H groups in total. The fourth-order valence-corrected chi connectivity index (χ4v) is 3.16. The highest BCUT2D eigenvalue weighted by molar-refractivity contribution is 9.11. The molecular weight excluding hydrogens is 374 g/mol. The van der Waals surface area contributed by atoms with E-state index in [-0.39, 0.29) is 0 Å². The van der Waals surface area contributed by atoms with Gasteiger partial charge < -0.3 is 15.4 Å². The van der Waals surface area contributed by atoms with Gasteiger partial charge in [-0.25, -0.2) is 4.98 Å². The number of hydrogen-bond donors (Lipinski definition) is 2. The first-order chi connectivity index (χ1) is 9.25. The number of nitrogens with one attached hydrogen (secondary N) is 2. The van der Waals surface area contributed by atoms with E-state index in [4.69, 9.17) is 4.74 Å². The van der Waals surface area contributed by atoms with Crippen LogP contribution in [-0.2, 0) is 4.74 Å². The number of ether oxygens (including phenoxy) is 1. The molecule has 0 spiro atoms. The van der Waals surface area contributed by atoms with E-state index < -0.39 is 0 Å². The van der Waals surface area contributed by atoms with Gasteiger partial charge in [0.05, 0.1) is 10.6 Å². The van der Waals surface area contributed by atoms with Crippen LogP contribution >= 0.6 is 31.9 Å². The number of hydrogen-bond acceptors (Lipinski definition) is 4. The Morgan fingerprint density at radius 1 is 1.37 bits per heavy atom. The Morgan fingerprint density at radius 2 is 2.16 bits per heavy atom. The summed E-state index contributed by atoms with van der Waals surface area (Å²) in [6.45, 7) is 3.85. The van der Waals surface area contributed by atoms with E-state index in [2.05, 4.69) is 47.5 Å². The lowest BCUT2D eigenvalue weighted by Gasteiger charge is -2.22. The van der Waals surface area contributed by atoms with Crippen molar-refractivity contribution in [3.63, 3.8) is 0 Å². The quantitative estimate of drug-likeness (QED) is 0.730. The summed E-state index contributed by atoms with van der Waals surface area (Å²) in [6.07, 6.45) is 5.49. The van der Waals surface area contributed by atoms with Crippen molar-refractivity contribution in [2.45, 2.75) is 25.4 Å². The van der Waals surface area contributed by atoms with Crippen LogP contribution < -0.4 is 10.6 Å². The summed E-state index contributed by atoms with van der Waals surface area (Å²) >= 11 is 6.87. The molecule has 0 amide bonds. The zero-order valence-electron chi connectivity index (χ0n) is 10.8. The van der Waals surface area contributed by atoms with E-state index in [1.807, 2.05) is 6.07 Å². The molecule has 1 aliphatic heterocycles. The van der Waals surface area contributed by atoms with Crippen LogP contribution in [0.25, 0.3) is 0 Å². The fraction of sp³-hybridized carbons (Fsp3) is 0.615. The minimum atomic E-state index is 0.443. The van der Waals surface area contributed by atoms with Gasteiger partial charge in [-0.3, -0.25) is 0 Å². The highest BCUT2D eigenvalue weighted by Gasteiger charge is 2.12. The monoisotopic (exact) mass is 391 g/mol. The Balaban J connectivity index is 1.61. The Labute approximate surface area is 131 Å². The van der Waals surface area contributed by atoms with Crippen LogP contribution in [0.4, 0.5) is 5.82 Å². The molecule has 2 rings (SSSR count). The minimum absolute atomic E-state index is 0.443. The molecule has 0 aliphatic carbocycles. The summed E-state index contributed by atoms with van der Waals surface area (Å²) in [7, 11) is 0. The minimum Gasteiger partial charge on any atom is -0.378 e. The summed E-state index contributed by atoms with van der Waals surface area (Å²) in [4.78, 5) is 4.31. The summed E-state index contributed by atoms with van der Waals surface area (Å²) in [6, 6.07) is 1.99. The van der Waals surface area contributed by atoms with Crippen molar-refractivity contribution in [2.75, 3.05) is 31.6 Å². The first-order valence-corrected chi connectivity index (χ1v) is 8.21. The van der Waals surface area contributed by atoms with Gasteiger partial charge in [0.25, 0.3) is 0 Å². The van der Waals surface area contributed by atoms with Gasteiger partial charge in [0, 0.05) is 23.8 Å². The molecule has 4 nitrogen and oxygen atoms in total.